The van der Waals surface area contributed by atoms with Crippen molar-refractivity contribution in [2.24, 2.45) is 0 Å². The molecule has 0 radical (unpaired) electrons. The van der Waals surface area contributed by atoms with Gasteiger partial charge in [0.25, 0.3) is 0 Å². The summed E-state index contributed by atoms with van der Waals surface area (Å²) >= 11 is 5.83. The number of nitrogens with zero attached hydrogens (tertiary/aromatic N) is 2. The molecule has 0 aliphatic heterocycles. The van der Waals surface area contributed by atoms with Gasteiger partial charge in [-0.2, -0.15) is 0 Å². The Labute approximate surface area is 122 Å². The van der Waals surface area contributed by atoms with E-state index in [1.54, 1.807) is 13.0 Å². The molecule has 0 spiro atoms. The number of anilines is 1. The summed E-state index contributed by atoms with van der Waals surface area (Å²) in [6, 6.07) is 9.23. The molecule has 106 valence electrons. The molecular weight excluding hydrogens is 278 g/mol. The van der Waals surface area contributed by atoms with Crippen LogP contribution < -0.4 is 5.32 Å². The van der Waals surface area contributed by atoms with Gasteiger partial charge in [-0.15, -0.1) is 0 Å². The molecule has 0 saturated carbocycles. The first-order valence-corrected chi connectivity index (χ1v) is 6.57. The summed E-state index contributed by atoms with van der Waals surface area (Å²) in [4.78, 5) is 13.7. The number of carbonyl (C=O) groups excluding carboxylic acids is 1. The van der Waals surface area contributed by atoms with E-state index >= 15 is 0 Å². The van der Waals surface area contributed by atoms with Crippen molar-refractivity contribution in [3.05, 3.63) is 46.6 Å². The van der Waals surface area contributed by atoms with Crippen LogP contribution in [0.5, 0.6) is 0 Å². The highest BCUT2D eigenvalue weighted by atomic mass is 35.5. The first kappa shape index (κ1) is 14.6. The minimum atomic E-state index is -0.141. The van der Waals surface area contributed by atoms with Gasteiger partial charge in [0, 0.05) is 17.6 Å². The summed E-state index contributed by atoms with van der Waals surface area (Å²) in [7, 11) is 1.87. The smallest absolute Gasteiger partial charge is 0.240 e. The van der Waals surface area contributed by atoms with Gasteiger partial charge in [0.15, 0.2) is 0 Å². The predicted octanol–water partition coefficient (Wildman–Crippen LogP) is 2.71. The second kappa shape index (κ2) is 6.54. The lowest BCUT2D eigenvalue weighted by atomic mass is 10.2. The summed E-state index contributed by atoms with van der Waals surface area (Å²) in [5.74, 6) is 0.227. The summed E-state index contributed by atoms with van der Waals surface area (Å²) in [6.45, 7) is 2.73. The molecule has 0 fully saturated rings. The number of halogens is 1. The van der Waals surface area contributed by atoms with Crippen LogP contribution in [0, 0.1) is 6.92 Å². The number of nitrogens with one attached hydrogen (secondary N) is 1. The number of rotatable bonds is 5. The normalized spacial score (nSPS) is 10.8. The molecule has 6 heteroatoms. The van der Waals surface area contributed by atoms with Gasteiger partial charge in [-0.25, -0.2) is 0 Å². The van der Waals surface area contributed by atoms with Gasteiger partial charge in [-0.1, -0.05) is 28.9 Å². The average Bonchev–Trinajstić information content (AvgIpc) is 2.77. The van der Waals surface area contributed by atoms with Gasteiger partial charge >= 0.3 is 0 Å². The Balaban J connectivity index is 1.83. The van der Waals surface area contributed by atoms with Gasteiger partial charge in [0.2, 0.25) is 11.8 Å². The molecule has 1 aromatic heterocycles. The molecule has 1 N–H and O–H groups in total. The van der Waals surface area contributed by atoms with Crippen molar-refractivity contribution < 1.29 is 9.32 Å². The van der Waals surface area contributed by atoms with E-state index in [1.807, 2.05) is 36.2 Å². The monoisotopic (exact) mass is 293 g/mol. The molecular formula is C14H16ClN3O2. The molecule has 1 amide bonds. The molecule has 0 bridgehead atoms. The van der Waals surface area contributed by atoms with Crippen molar-refractivity contribution in [1.82, 2.24) is 10.1 Å². The summed E-state index contributed by atoms with van der Waals surface area (Å²) in [5, 5.41) is 7.07. The maximum Gasteiger partial charge on any atom is 0.240 e. The number of hydrogen-bond donors (Lipinski definition) is 1. The third-order valence-corrected chi connectivity index (χ3v) is 2.92. The average molecular weight is 294 g/mol. The molecule has 0 aliphatic carbocycles. The van der Waals surface area contributed by atoms with Crippen molar-refractivity contribution in [2.45, 2.75) is 13.5 Å². The van der Waals surface area contributed by atoms with Gasteiger partial charge in [-0.05, 0) is 31.7 Å². The summed E-state index contributed by atoms with van der Waals surface area (Å²) in [6.07, 6.45) is 0. The number of benzene rings is 1. The van der Waals surface area contributed by atoms with Crippen LogP contribution in [-0.4, -0.2) is 29.6 Å². The molecule has 2 aromatic rings. The predicted molar refractivity (Wildman–Crippen MR) is 77.7 cm³/mol. The Bertz CT molecular complexity index is 580. The molecule has 1 heterocycles. The molecule has 0 aliphatic rings. The van der Waals surface area contributed by atoms with Crippen molar-refractivity contribution in [2.75, 3.05) is 18.9 Å². The second-order valence-electron chi connectivity index (χ2n) is 4.68. The number of likely N-dealkylation sites (N-methyl/N-ethyl adjacent to an activating group) is 1. The first-order chi connectivity index (χ1) is 9.52. The van der Waals surface area contributed by atoms with Crippen molar-refractivity contribution in [3.63, 3.8) is 0 Å². The van der Waals surface area contributed by atoms with Gasteiger partial charge in [-0.3, -0.25) is 15.0 Å². The van der Waals surface area contributed by atoms with E-state index < -0.39 is 0 Å². The zero-order chi connectivity index (χ0) is 14.5. The highest BCUT2D eigenvalue weighted by Crippen LogP contribution is 2.11. The Morgan fingerprint density at radius 2 is 2.10 bits per heavy atom. The molecule has 20 heavy (non-hydrogen) atoms. The number of aryl methyl sites for hydroxylation is 1. The molecule has 1 aromatic carbocycles. The minimum Gasteiger partial charge on any atom is -0.338 e. The number of hydrogen-bond acceptors (Lipinski definition) is 4. The number of aromatic nitrogens is 1. The lowest BCUT2D eigenvalue weighted by molar-refractivity contribution is -0.117. The van der Waals surface area contributed by atoms with E-state index in [-0.39, 0.29) is 12.5 Å². The fourth-order valence-corrected chi connectivity index (χ4v) is 1.93. The second-order valence-corrected chi connectivity index (χ2v) is 5.12. The van der Waals surface area contributed by atoms with Crippen LogP contribution in [0.25, 0.3) is 0 Å². The van der Waals surface area contributed by atoms with Gasteiger partial charge in [0.1, 0.15) is 0 Å². The molecule has 5 nitrogen and oxygen atoms in total. The van der Waals surface area contributed by atoms with Crippen molar-refractivity contribution in [1.29, 1.82) is 0 Å². The summed E-state index contributed by atoms with van der Waals surface area (Å²) < 4.78 is 4.93. The first-order valence-electron chi connectivity index (χ1n) is 6.19. The Hall–Kier alpha value is -1.85. The maximum absolute atomic E-state index is 11.8. The number of amides is 1. The fourth-order valence-electron chi connectivity index (χ4n) is 1.80. The van der Waals surface area contributed by atoms with E-state index in [0.717, 1.165) is 11.3 Å². The van der Waals surface area contributed by atoms with Crippen molar-refractivity contribution in [3.8, 4) is 0 Å². The van der Waals surface area contributed by atoms with Crippen LogP contribution in [0.3, 0.4) is 0 Å². The van der Waals surface area contributed by atoms with E-state index in [9.17, 15) is 4.79 Å². The van der Waals surface area contributed by atoms with Crippen LogP contribution in [0.2, 0.25) is 5.02 Å². The van der Waals surface area contributed by atoms with Crippen molar-refractivity contribution >= 4 is 23.4 Å². The highest BCUT2D eigenvalue weighted by molar-refractivity contribution is 6.30. The fraction of sp³-hybridized carbons (Fsp3) is 0.286. The third-order valence-electron chi connectivity index (χ3n) is 2.67. The molecule has 0 saturated heterocycles. The van der Waals surface area contributed by atoms with Crippen LogP contribution in [0.15, 0.2) is 34.9 Å². The van der Waals surface area contributed by atoms with Crippen LogP contribution in [0.4, 0.5) is 5.88 Å². The minimum absolute atomic E-state index is 0.141. The largest absolute Gasteiger partial charge is 0.338 e. The van der Waals surface area contributed by atoms with E-state index in [4.69, 9.17) is 16.1 Å². The molecule has 2 rings (SSSR count). The highest BCUT2D eigenvalue weighted by Gasteiger charge is 2.10. The van der Waals surface area contributed by atoms with E-state index in [1.165, 1.54) is 0 Å². The maximum atomic E-state index is 11.8. The third kappa shape index (κ3) is 4.36. The van der Waals surface area contributed by atoms with Crippen LogP contribution in [0.1, 0.15) is 11.3 Å². The van der Waals surface area contributed by atoms with Crippen LogP contribution >= 0.6 is 11.6 Å². The molecule has 0 atom stereocenters. The Morgan fingerprint density at radius 3 is 2.70 bits per heavy atom. The lowest BCUT2D eigenvalue weighted by Crippen LogP contribution is -2.29. The zero-order valence-electron chi connectivity index (χ0n) is 11.4. The lowest BCUT2D eigenvalue weighted by Gasteiger charge is -2.15. The van der Waals surface area contributed by atoms with E-state index in [2.05, 4.69) is 10.5 Å². The van der Waals surface area contributed by atoms with E-state index in [0.29, 0.717) is 17.5 Å². The quantitative estimate of drug-likeness (QED) is 0.921. The Kier molecular flexibility index (Phi) is 4.76. The zero-order valence-corrected chi connectivity index (χ0v) is 12.1. The van der Waals surface area contributed by atoms with Gasteiger partial charge < -0.3 is 4.52 Å². The topological polar surface area (TPSA) is 58.4 Å². The van der Waals surface area contributed by atoms with Crippen LogP contribution in [-0.2, 0) is 11.3 Å². The molecule has 0 unspecified atom stereocenters. The standard InChI is InChI=1S/C14H16ClN3O2/c1-10-7-14(20-17-10)16-13(19)9-18(2)8-11-3-5-12(15)6-4-11/h3-7H,8-9H2,1-2H3,(H,16,19). The SMILES string of the molecule is Cc1cc(NC(=O)CN(C)Cc2ccc(Cl)cc2)on1. The van der Waals surface area contributed by atoms with Gasteiger partial charge in [0.05, 0.1) is 12.2 Å². The Morgan fingerprint density at radius 1 is 1.40 bits per heavy atom. The number of carbonyl (C=O) groups is 1. The summed E-state index contributed by atoms with van der Waals surface area (Å²) in [5.41, 5.74) is 1.83.